The van der Waals surface area contributed by atoms with Gasteiger partial charge >= 0.3 is 0 Å². The van der Waals surface area contributed by atoms with Crippen molar-refractivity contribution in [2.45, 2.75) is 19.8 Å². The van der Waals surface area contributed by atoms with Crippen LogP contribution in [0.3, 0.4) is 0 Å². The molecule has 1 aromatic carbocycles. The van der Waals surface area contributed by atoms with Crippen LogP contribution < -0.4 is 19.9 Å². The Bertz CT molecular complexity index is 1020. The van der Waals surface area contributed by atoms with Gasteiger partial charge in [-0.05, 0) is 37.8 Å². The first-order valence-corrected chi connectivity index (χ1v) is 9.50. The van der Waals surface area contributed by atoms with Crippen LogP contribution in [0.15, 0.2) is 24.4 Å². The van der Waals surface area contributed by atoms with E-state index in [2.05, 4.69) is 4.98 Å². The fraction of sp³-hybridized carbons (Fsp3) is 0.333. The van der Waals surface area contributed by atoms with Gasteiger partial charge in [-0.25, -0.2) is 9.97 Å². The third kappa shape index (κ3) is 3.40. The fourth-order valence-electron chi connectivity index (χ4n) is 3.22. The Kier molecular flexibility index (Phi) is 4.89. The van der Waals surface area contributed by atoms with Gasteiger partial charge in [-0.3, -0.25) is 0 Å². The molecule has 0 unspecified atom stereocenters. The molecule has 0 bridgehead atoms. The molecular weight excluding hydrogens is 378 g/mol. The Labute approximate surface area is 168 Å². The molecule has 4 rings (SSSR count). The van der Waals surface area contributed by atoms with Gasteiger partial charge in [0.15, 0.2) is 0 Å². The fourth-order valence-corrected chi connectivity index (χ4v) is 3.59. The first-order valence-electron chi connectivity index (χ1n) is 9.12. The zero-order chi connectivity index (χ0) is 19.8. The van der Waals surface area contributed by atoms with E-state index in [1.807, 2.05) is 13.0 Å². The van der Waals surface area contributed by atoms with Gasteiger partial charge in [0.05, 0.1) is 31.5 Å². The Morgan fingerprint density at radius 1 is 1.14 bits per heavy atom. The van der Waals surface area contributed by atoms with E-state index in [0.717, 1.165) is 21.9 Å². The van der Waals surface area contributed by atoms with Gasteiger partial charge in [0.25, 0.3) is 0 Å². The first-order chi connectivity index (χ1) is 13.5. The number of hydrogen-bond donors (Lipinski definition) is 1. The minimum absolute atomic E-state index is 0.426. The predicted molar refractivity (Wildman–Crippen MR) is 110 cm³/mol. The summed E-state index contributed by atoms with van der Waals surface area (Å²) in [7, 11) is 3.19. The van der Waals surface area contributed by atoms with E-state index in [1.54, 1.807) is 32.5 Å². The highest BCUT2D eigenvalue weighted by molar-refractivity contribution is 6.35. The van der Waals surface area contributed by atoms with Crippen molar-refractivity contribution in [2.75, 3.05) is 26.6 Å². The number of fused-ring (bicyclic) bond motifs is 1. The molecule has 0 saturated heterocycles. The highest BCUT2D eigenvalue weighted by atomic mass is 35.5. The molecule has 1 aliphatic carbocycles. The van der Waals surface area contributed by atoms with E-state index in [9.17, 15) is 0 Å². The van der Waals surface area contributed by atoms with E-state index in [1.165, 1.54) is 12.8 Å². The van der Waals surface area contributed by atoms with Crippen molar-refractivity contribution in [3.8, 4) is 28.6 Å². The molecule has 0 aliphatic heterocycles. The zero-order valence-corrected chi connectivity index (χ0v) is 16.8. The van der Waals surface area contributed by atoms with Crippen molar-refractivity contribution in [3.05, 3.63) is 35.0 Å². The van der Waals surface area contributed by atoms with Crippen LogP contribution in [0.4, 0.5) is 5.82 Å². The second-order valence-electron chi connectivity index (χ2n) is 6.99. The van der Waals surface area contributed by atoms with Crippen LogP contribution in [0.25, 0.3) is 22.0 Å². The Morgan fingerprint density at radius 3 is 2.57 bits per heavy atom. The minimum atomic E-state index is 0.426. The van der Waals surface area contributed by atoms with Crippen LogP contribution in [-0.2, 0) is 0 Å². The molecule has 0 spiro atoms. The van der Waals surface area contributed by atoms with Crippen LogP contribution >= 0.6 is 11.6 Å². The molecule has 146 valence electrons. The van der Waals surface area contributed by atoms with E-state index in [0.29, 0.717) is 46.4 Å². The van der Waals surface area contributed by atoms with Crippen molar-refractivity contribution < 1.29 is 14.2 Å². The number of anilines is 1. The van der Waals surface area contributed by atoms with E-state index in [-0.39, 0.29) is 0 Å². The molecule has 6 nitrogen and oxygen atoms in total. The summed E-state index contributed by atoms with van der Waals surface area (Å²) in [6, 6.07) is 5.49. The van der Waals surface area contributed by atoms with Gasteiger partial charge in [0.2, 0.25) is 5.88 Å². The Balaban J connectivity index is 1.92. The Morgan fingerprint density at radius 2 is 1.89 bits per heavy atom. The molecule has 2 N–H and O–H groups in total. The largest absolute Gasteiger partial charge is 0.496 e. The van der Waals surface area contributed by atoms with Crippen LogP contribution in [0.1, 0.15) is 18.4 Å². The number of nitrogens with zero attached hydrogens (tertiary/aromatic N) is 2. The van der Waals surface area contributed by atoms with Gasteiger partial charge in [0.1, 0.15) is 17.3 Å². The predicted octanol–water partition coefficient (Wildman–Crippen LogP) is 4.65. The Hall–Kier alpha value is -2.73. The van der Waals surface area contributed by atoms with Crippen molar-refractivity contribution >= 4 is 28.2 Å². The number of pyridine rings is 2. The lowest BCUT2D eigenvalue weighted by molar-refractivity contribution is 0.292. The monoisotopic (exact) mass is 399 g/mol. The average Bonchev–Trinajstić information content (AvgIpc) is 3.51. The summed E-state index contributed by atoms with van der Waals surface area (Å²) in [6.45, 7) is 2.58. The smallest absolute Gasteiger partial charge is 0.222 e. The lowest BCUT2D eigenvalue weighted by Gasteiger charge is -2.17. The van der Waals surface area contributed by atoms with Crippen molar-refractivity contribution in [1.82, 2.24) is 9.97 Å². The van der Waals surface area contributed by atoms with Crippen LogP contribution in [-0.4, -0.2) is 30.8 Å². The molecular formula is C21H22ClN3O3. The molecule has 1 fully saturated rings. The molecule has 3 aromatic rings. The summed E-state index contributed by atoms with van der Waals surface area (Å²) in [6.07, 6.45) is 4.11. The van der Waals surface area contributed by atoms with Crippen LogP contribution in [0.5, 0.6) is 17.4 Å². The molecule has 7 heteroatoms. The number of methoxy groups -OCH3 is 2. The SMILES string of the molecule is COc1cc(OC)c(Cl)c(-c2cc3cnc(N)cc3c(OCC3CC3)n2)c1C. The van der Waals surface area contributed by atoms with Crippen molar-refractivity contribution in [2.24, 2.45) is 5.92 Å². The lowest BCUT2D eigenvalue weighted by atomic mass is 10.0. The molecule has 0 amide bonds. The number of halogens is 1. The summed E-state index contributed by atoms with van der Waals surface area (Å²) in [5.41, 5.74) is 8.17. The van der Waals surface area contributed by atoms with Crippen LogP contribution in [0, 0.1) is 12.8 Å². The zero-order valence-electron chi connectivity index (χ0n) is 16.1. The number of benzene rings is 1. The lowest BCUT2D eigenvalue weighted by Crippen LogP contribution is -2.04. The summed E-state index contributed by atoms with van der Waals surface area (Å²) >= 11 is 6.65. The summed E-state index contributed by atoms with van der Waals surface area (Å²) in [5.74, 6) is 2.76. The molecule has 2 aromatic heterocycles. The molecule has 28 heavy (non-hydrogen) atoms. The van der Waals surface area contributed by atoms with E-state index >= 15 is 0 Å². The van der Waals surface area contributed by atoms with Crippen molar-refractivity contribution in [3.63, 3.8) is 0 Å². The number of ether oxygens (including phenoxy) is 3. The highest BCUT2D eigenvalue weighted by Crippen LogP contribution is 2.43. The summed E-state index contributed by atoms with van der Waals surface area (Å²) in [4.78, 5) is 9.00. The molecule has 0 atom stereocenters. The highest BCUT2D eigenvalue weighted by Gasteiger charge is 2.24. The molecule has 0 radical (unpaired) electrons. The minimum Gasteiger partial charge on any atom is -0.496 e. The molecule has 1 saturated carbocycles. The van der Waals surface area contributed by atoms with E-state index in [4.69, 9.17) is 36.5 Å². The molecule has 2 heterocycles. The number of hydrogen-bond acceptors (Lipinski definition) is 6. The topological polar surface area (TPSA) is 79.5 Å². The number of nitrogens with two attached hydrogens (primary N) is 1. The first kappa shape index (κ1) is 18.6. The third-order valence-corrected chi connectivity index (χ3v) is 5.37. The van der Waals surface area contributed by atoms with Gasteiger partial charge in [-0.15, -0.1) is 0 Å². The average molecular weight is 400 g/mol. The summed E-state index contributed by atoms with van der Waals surface area (Å²) in [5, 5.41) is 2.19. The van der Waals surface area contributed by atoms with Crippen molar-refractivity contribution in [1.29, 1.82) is 0 Å². The van der Waals surface area contributed by atoms with Gasteiger partial charge in [-0.2, -0.15) is 0 Å². The second-order valence-corrected chi connectivity index (χ2v) is 7.37. The summed E-state index contributed by atoms with van der Waals surface area (Å²) < 4.78 is 17.0. The second kappa shape index (κ2) is 7.36. The van der Waals surface area contributed by atoms with Gasteiger partial charge in [0, 0.05) is 34.2 Å². The van der Waals surface area contributed by atoms with Gasteiger partial charge < -0.3 is 19.9 Å². The van der Waals surface area contributed by atoms with E-state index < -0.39 is 0 Å². The molecule has 1 aliphatic rings. The third-order valence-electron chi connectivity index (χ3n) is 4.99. The number of aromatic nitrogens is 2. The maximum Gasteiger partial charge on any atom is 0.222 e. The van der Waals surface area contributed by atoms with Crippen LogP contribution in [0.2, 0.25) is 5.02 Å². The normalized spacial score (nSPS) is 13.6. The number of nitrogen functional groups attached to an aromatic ring is 1. The number of rotatable bonds is 6. The standard InChI is InChI=1S/C21H22ClN3O3/c1-11-16(26-2)8-17(27-3)20(22)19(11)15-6-13-9-24-18(23)7-14(13)21(25-15)28-10-12-4-5-12/h6-9,12H,4-5,10H2,1-3H3,(H2,23,24). The maximum atomic E-state index is 6.65. The van der Waals surface area contributed by atoms with Gasteiger partial charge in [-0.1, -0.05) is 11.6 Å². The quantitative estimate of drug-likeness (QED) is 0.650. The maximum absolute atomic E-state index is 6.65.